The Balaban J connectivity index is 1.76. The minimum absolute atomic E-state index is 0.128. The number of methoxy groups -OCH3 is 1. The first-order valence-electron chi connectivity index (χ1n) is 7.56. The number of carbonyl (C=O) groups excluding carboxylic acids is 2. The maximum Gasteiger partial charge on any atom is 0.305 e. The molecule has 0 atom stereocenters. The molecule has 2 aliphatic rings. The molecule has 0 unspecified atom stereocenters. The lowest BCUT2D eigenvalue weighted by molar-refractivity contribution is -0.142. The van der Waals surface area contributed by atoms with Crippen molar-refractivity contribution in [3.63, 3.8) is 0 Å². The molecule has 108 valence electrons. The Morgan fingerprint density at radius 2 is 1.68 bits per heavy atom. The normalized spacial score (nSPS) is 22.3. The van der Waals surface area contributed by atoms with Gasteiger partial charge in [0.25, 0.3) is 0 Å². The third kappa shape index (κ3) is 3.95. The second kappa shape index (κ2) is 6.92. The van der Waals surface area contributed by atoms with E-state index in [9.17, 15) is 9.59 Å². The molecule has 0 aromatic rings. The van der Waals surface area contributed by atoms with Crippen LogP contribution in [0.5, 0.6) is 0 Å². The van der Waals surface area contributed by atoms with Crippen LogP contribution in [0.4, 0.5) is 0 Å². The molecular formula is C15H25NO3. The first kappa shape index (κ1) is 14.4. The van der Waals surface area contributed by atoms with Crippen molar-refractivity contribution in [2.45, 2.75) is 51.4 Å². The molecule has 1 saturated carbocycles. The predicted octanol–water partition coefficient (Wildman–Crippen LogP) is 2.37. The number of esters is 1. The lowest BCUT2D eigenvalue weighted by Crippen LogP contribution is -2.42. The number of carbonyl (C=O) groups is 2. The summed E-state index contributed by atoms with van der Waals surface area (Å²) in [6, 6.07) is 0. The van der Waals surface area contributed by atoms with E-state index in [-0.39, 0.29) is 11.9 Å². The van der Waals surface area contributed by atoms with Crippen LogP contribution in [0.2, 0.25) is 0 Å². The fourth-order valence-corrected chi connectivity index (χ4v) is 3.28. The number of hydrogen-bond acceptors (Lipinski definition) is 3. The van der Waals surface area contributed by atoms with E-state index in [0.717, 1.165) is 38.8 Å². The molecule has 2 rings (SSSR count). The fraction of sp³-hybridized carbons (Fsp3) is 0.867. The van der Waals surface area contributed by atoms with E-state index >= 15 is 0 Å². The first-order chi connectivity index (χ1) is 9.20. The maximum absolute atomic E-state index is 12.4. The lowest BCUT2D eigenvalue weighted by atomic mass is 9.87. The number of nitrogens with zero attached hydrogens (tertiary/aromatic N) is 1. The van der Waals surface area contributed by atoms with Crippen molar-refractivity contribution in [3.8, 4) is 0 Å². The number of hydrogen-bond donors (Lipinski definition) is 0. The van der Waals surface area contributed by atoms with Gasteiger partial charge in [-0.1, -0.05) is 19.3 Å². The van der Waals surface area contributed by atoms with E-state index in [2.05, 4.69) is 0 Å². The second-order valence-electron chi connectivity index (χ2n) is 5.88. The first-order valence-corrected chi connectivity index (χ1v) is 7.56. The highest BCUT2D eigenvalue weighted by molar-refractivity contribution is 5.79. The zero-order chi connectivity index (χ0) is 13.7. The molecule has 1 heterocycles. The SMILES string of the molecule is COC(=O)CC1CCN(C(=O)C2CCCCC2)CC1. The van der Waals surface area contributed by atoms with Gasteiger partial charge in [0.2, 0.25) is 5.91 Å². The Bertz CT molecular complexity index is 315. The molecule has 0 bridgehead atoms. The maximum atomic E-state index is 12.4. The van der Waals surface area contributed by atoms with E-state index < -0.39 is 0 Å². The average molecular weight is 267 g/mol. The van der Waals surface area contributed by atoms with Crippen LogP contribution >= 0.6 is 0 Å². The highest BCUT2D eigenvalue weighted by Gasteiger charge is 2.29. The largest absolute Gasteiger partial charge is 0.469 e. The highest BCUT2D eigenvalue weighted by atomic mass is 16.5. The van der Waals surface area contributed by atoms with Crippen molar-refractivity contribution in [2.24, 2.45) is 11.8 Å². The van der Waals surface area contributed by atoms with Gasteiger partial charge in [0.05, 0.1) is 7.11 Å². The summed E-state index contributed by atoms with van der Waals surface area (Å²) in [6.45, 7) is 1.63. The van der Waals surface area contributed by atoms with Gasteiger partial charge in [-0.15, -0.1) is 0 Å². The molecule has 19 heavy (non-hydrogen) atoms. The average Bonchev–Trinajstić information content (AvgIpc) is 2.48. The van der Waals surface area contributed by atoms with Crippen molar-refractivity contribution in [3.05, 3.63) is 0 Å². The molecular weight excluding hydrogens is 242 g/mol. The van der Waals surface area contributed by atoms with Crippen LogP contribution in [0, 0.1) is 11.8 Å². The van der Waals surface area contributed by atoms with E-state index in [0.29, 0.717) is 18.2 Å². The van der Waals surface area contributed by atoms with Crippen molar-refractivity contribution in [1.82, 2.24) is 4.90 Å². The van der Waals surface area contributed by atoms with E-state index in [1.807, 2.05) is 4.90 Å². The van der Waals surface area contributed by atoms with Gasteiger partial charge < -0.3 is 9.64 Å². The van der Waals surface area contributed by atoms with Gasteiger partial charge in [-0.2, -0.15) is 0 Å². The fourth-order valence-electron chi connectivity index (χ4n) is 3.28. The summed E-state index contributed by atoms with van der Waals surface area (Å²) in [4.78, 5) is 25.6. The van der Waals surface area contributed by atoms with Gasteiger partial charge in [0, 0.05) is 25.4 Å². The third-order valence-corrected chi connectivity index (χ3v) is 4.56. The van der Waals surface area contributed by atoms with E-state index in [1.54, 1.807) is 0 Å². The topological polar surface area (TPSA) is 46.6 Å². The molecule has 0 aromatic carbocycles. The number of amides is 1. The lowest BCUT2D eigenvalue weighted by Gasteiger charge is -2.35. The van der Waals surface area contributed by atoms with Crippen LogP contribution in [0.15, 0.2) is 0 Å². The van der Waals surface area contributed by atoms with Crippen LogP contribution < -0.4 is 0 Å². The Morgan fingerprint density at radius 3 is 2.26 bits per heavy atom. The Hall–Kier alpha value is -1.06. The Kier molecular flexibility index (Phi) is 5.23. The number of piperidine rings is 1. The summed E-state index contributed by atoms with van der Waals surface area (Å²) in [5.74, 6) is 0.891. The van der Waals surface area contributed by atoms with Crippen LogP contribution in [0.25, 0.3) is 0 Å². The summed E-state index contributed by atoms with van der Waals surface area (Å²) in [6.07, 6.45) is 8.21. The Labute approximate surface area is 115 Å². The van der Waals surface area contributed by atoms with Crippen molar-refractivity contribution < 1.29 is 14.3 Å². The van der Waals surface area contributed by atoms with Crippen LogP contribution in [-0.2, 0) is 14.3 Å². The van der Waals surface area contributed by atoms with Gasteiger partial charge in [-0.3, -0.25) is 9.59 Å². The molecule has 1 aliphatic heterocycles. The standard InChI is InChI=1S/C15H25NO3/c1-19-14(17)11-12-7-9-16(10-8-12)15(18)13-5-3-2-4-6-13/h12-13H,2-11H2,1H3. The van der Waals surface area contributed by atoms with Crippen molar-refractivity contribution in [1.29, 1.82) is 0 Å². The van der Waals surface area contributed by atoms with E-state index in [4.69, 9.17) is 4.74 Å². The summed E-state index contributed by atoms with van der Waals surface area (Å²) >= 11 is 0. The van der Waals surface area contributed by atoms with Crippen molar-refractivity contribution >= 4 is 11.9 Å². The van der Waals surface area contributed by atoms with Crippen LogP contribution in [0.3, 0.4) is 0 Å². The summed E-state index contributed by atoms with van der Waals surface area (Å²) in [7, 11) is 1.43. The number of ether oxygens (including phenoxy) is 1. The molecule has 1 amide bonds. The van der Waals surface area contributed by atoms with Gasteiger partial charge in [-0.25, -0.2) is 0 Å². The number of rotatable bonds is 3. The second-order valence-corrected chi connectivity index (χ2v) is 5.88. The molecule has 4 nitrogen and oxygen atoms in total. The number of likely N-dealkylation sites (tertiary alicyclic amines) is 1. The van der Waals surface area contributed by atoms with Gasteiger partial charge in [0.15, 0.2) is 0 Å². The Morgan fingerprint density at radius 1 is 1.05 bits per heavy atom. The zero-order valence-corrected chi connectivity index (χ0v) is 11.9. The van der Waals surface area contributed by atoms with Gasteiger partial charge in [-0.05, 0) is 31.6 Å². The monoisotopic (exact) mass is 267 g/mol. The minimum Gasteiger partial charge on any atom is -0.469 e. The third-order valence-electron chi connectivity index (χ3n) is 4.56. The van der Waals surface area contributed by atoms with Gasteiger partial charge in [0.1, 0.15) is 0 Å². The molecule has 0 N–H and O–H groups in total. The quantitative estimate of drug-likeness (QED) is 0.737. The molecule has 1 aliphatic carbocycles. The molecule has 1 saturated heterocycles. The summed E-state index contributed by atoms with van der Waals surface area (Å²) in [5.41, 5.74) is 0. The summed E-state index contributed by atoms with van der Waals surface area (Å²) < 4.78 is 4.70. The van der Waals surface area contributed by atoms with E-state index in [1.165, 1.54) is 26.4 Å². The van der Waals surface area contributed by atoms with Crippen molar-refractivity contribution in [2.75, 3.05) is 20.2 Å². The highest BCUT2D eigenvalue weighted by Crippen LogP contribution is 2.28. The molecule has 4 heteroatoms. The van der Waals surface area contributed by atoms with Crippen LogP contribution in [-0.4, -0.2) is 37.0 Å². The zero-order valence-electron chi connectivity index (χ0n) is 11.9. The minimum atomic E-state index is -0.128. The molecule has 0 aromatic heterocycles. The smallest absolute Gasteiger partial charge is 0.305 e. The molecule has 2 fully saturated rings. The predicted molar refractivity (Wildman–Crippen MR) is 72.5 cm³/mol. The molecule has 0 radical (unpaired) electrons. The molecule has 0 spiro atoms. The summed E-state index contributed by atoms with van der Waals surface area (Å²) in [5, 5.41) is 0. The van der Waals surface area contributed by atoms with Crippen LogP contribution in [0.1, 0.15) is 51.4 Å². The van der Waals surface area contributed by atoms with Gasteiger partial charge >= 0.3 is 5.97 Å².